The molecule has 2 aromatic rings. The van der Waals surface area contributed by atoms with Crippen LogP contribution in [0.15, 0.2) is 10.9 Å². The second kappa shape index (κ2) is 3.60. The number of nitrogens with zero attached hydrogens (tertiary/aromatic N) is 3. The molecule has 6 nitrogen and oxygen atoms in total. The van der Waals surface area contributed by atoms with Gasteiger partial charge in [0.05, 0.1) is 0 Å². The molecule has 2 heterocycles. The van der Waals surface area contributed by atoms with E-state index in [9.17, 15) is 9.59 Å². The van der Waals surface area contributed by atoms with Gasteiger partial charge in [-0.1, -0.05) is 0 Å². The summed E-state index contributed by atoms with van der Waals surface area (Å²) >= 11 is -0.0802. The second-order valence-electron chi connectivity index (χ2n) is 2.79. The molecular weight excluding hydrogens is 265 g/mol. The normalized spacial score (nSPS) is 10.5. The molecule has 0 aromatic carbocycles. The van der Waals surface area contributed by atoms with Crippen molar-refractivity contribution in [1.29, 1.82) is 0 Å². The standard InChI is InChI=1S/C8H7N3O3Se/c1-4-10-11-5(7(13)14-2)3-6(12)9-8(11)15-4/h3H,1-2H3. The number of rotatable bonds is 1. The number of methoxy groups -OCH3 is 1. The van der Waals surface area contributed by atoms with Gasteiger partial charge in [0.2, 0.25) is 0 Å². The minimum absolute atomic E-state index is 0.0802. The van der Waals surface area contributed by atoms with Crippen molar-refractivity contribution < 1.29 is 9.53 Å². The Morgan fingerprint density at radius 1 is 1.60 bits per heavy atom. The van der Waals surface area contributed by atoms with E-state index in [-0.39, 0.29) is 20.2 Å². The average molecular weight is 272 g/mol. The van der Waals surface area contributed by atoms with Gasteiger partial charge in [-0.05, 0) is 0 Å². The first-order chi connectivity index (χ1) is 7.11. The van der Waals surface area contributed by atoms with Crippen LogP contribution >= 0.6 is 0 Å². The third-order valence-electron chi connectivity index (χ3n) is 1.75. The van der Waals surface area contributed by atoms with Gasteiger partial charge in [0.1, 0.15) is 0 Å². The molecule has 0 aliphatic carbocycles. The predicted molar refractivity (Wildman–Crippen MR) is 52.3 cm³/mol. The van der Waals surface area contributed by atoms with E-state index < -0.39 is 11.5 Å². The molecule has 0 aliphatic heterocycles. The fourth-order valence-corrected chi connectivity index (χ4v) is 2.73. The Kier molecular flexibility index (Phi) is 2.42. The van der Waals surface area contributed by atoms with Gasteiger partial charge in [-0.2, -0.15) is 0 Å². The van der Waals surface area contributed by atoms with E-state index in [0.29, 0.717) is 4.52 Å². The van der Waals surface area contributed by atoms with Crippen LogP contribution in [0.5, 0.6) is 0 Å². The molecule has 15 heavy (non-hydrogen) atoms. The molecule has 0 saturated heterocycles. The third-order valence-corrected chi connectivity index (χ3v) is 3.48. The Balaban J connectivity index is 2.81. The molecule has 0 radical (unpaired) electrons. The van der Waals surface area contributed by atoms with Gasteiger partial charge < -0.3 is 0 Å². The molecule has 0 N–H and O–H groups in total. The Labute approximate surface area is 90.3 Å². The first kappa shape index (κ1) is 10.1. The third kappa shape index (κ3) is 1.71. The van der Waals surface area contributed by atoms with Gasteiger partial charge in [0, 0.05) is 0 Å². The van der Waals surface area contributed by atoms with Crippen LogP contribution in [0.1, 0.15) is 15.1 Å². The van der Waals surface area contributed by atoms with Crippen LogP contribution < -0.4 is 5.56 Å². The summed E-state index contributed by atoms with van der Waals surface area (Å²) < 4.78 is 7.34. The van der Waals surface area contributed by atoms with Crippen molar-refractivity contribution in [3.8, 4) is 0 Å². The van der Waals surface area contributed by atoms with Crippen LogP contribution in [0.2, 0.25) is 0 Å². The molecule has 78 valence electrons. The average Bonchev–Trinajstić information content (AvgIpc) is 2.55. The predicted octanol–water partition coefficient (Wildman–Crippen LogP) is -0.758. The summed E-state index contributed by atoms with van der Waals surface area (Å²) in [6.07, 6.45) is 0. The van der Waals surface area contributed by atoms with E-state index in [4.69, 9.17) is 0 Å². The van der Waals surface area contributed by atoms with Crippen molar-refractivity contribution in [2.45, 2.75) is 6.92 Å². The molecule has 0 aliphatic rings. The van der Waals surface area contributed by atoms with E-state index in [1.54, 1.807) is 0 Å². The van der Waals surface area contributed by atoms with Gasteiger partial charge in [-0.25, -0.2) is 0 Å². The van der Waals surface area contributed by atoms with E-state index in [0.717, 1.165) is 10.6 Å². The molecule has 0 unspecified atom stereocenters. The van der Waals surface area contributed by atoms with Crippen LogP contribution in [0.25, 0.3) is 4.52 Å². The van der Waals surface area contributed by atoms with Crippen LogP contribution in [-0.4, -0.2) is 42.2 Å². The Morgan fingerprint density at radius 3 is 3.00 bits per heavy atom. The fraction of sp³-hybridized carbons (Fsp3) is 0.250. The van der Waals surface area contributed by atoms with Crippen LogP contribution in [-0.2, 0) is 4.74 Å². The second-order valence-corrected chi connectivity index (χ2v) is 5.22. The molecule has 0 saturated carbocycles. The molecule has 0 bridgehead atoms. The van der Waals surface area contributed by atoms with E-state index >= 15 is 0 Å². The Bertz CT molecular complexity index is 586. The zero-order chi connectivity index (χ0) is 11.0. The number of hydrogen-bond acceptors (Lipinski definition) is 5. The summed E-state index contributed by atoms with van der Waals surface area (Å²) in [6.45, 7) is 1.83. The molecule has 0 atom stereocenters. The van der Waals surface area contributed by atoms with Crippen LogP contribution in [0.4, 0.5) is 0 Å². The number of esters is 1. The summed E-state index contributed by atoms with van der Waals surface area (Å²) in [6, 6.07) is 1.13. The van der Waals surface area contributed by atoms with Gasteiger partial charge >= 0.3 is 89.8 Å². The maximum atomic E-state index is 11.4. The summed E-state index contributed by atoms with van der Waals surface area (Å²) in [4.78, 5) is 26.4. The number of aromatic nitrogens is 3. The zero-order valence-corrected chi connectivity index (χ0v) is 9.77. The SMILES string of the molecule is COC(=O)c1cc(=O)nc2[se]c(C)nn12. The monoisotopic (exact) mass is 273 g/mol. The molecule has 0 spiro atoms. The summed E-state index contributed by atoms with van der Waals surface area (Å²) in [5.41, 5.74) is -0.306. The van der Waals surface area contributed by atoms with E-state index in [2.05, 4.69) is 14.8 Å². The Hall–Kier alpha value is -1.46. The van der Waals surface area contributed by atoms with Crippen molar-refractivity contribution in [2.75, 3.05) is 7.11 Å². The summed E-state index contributed by atoms with van der Waals surface area (Å²) in [5, 5.41) is 4.12. The molecule has 0 amide bonds. The molecule has 7 heteroatoms. The van der Waals surface area contributed by atoms with Crippen molar-refractivity contribution in [1.82, 2.24) is 14.6 Å². The fourth-order valence-electron chi connectivity index (χ4n) is 1.16. The number of aryl methyl sites for hydroxylation is 1. The van der Waals surface area contributed by atoms with Crippen molar-refractivity contribution in [3.05, 3.63) is 26.7 Å². The number of hydrogen-bond donors (Lipinski definition) is 0. The molecular formula is C8H7N3O3Se. The summed E-state index contributed by atoms with van der Waals surface area (Å²) in [5.74, 6) is -0.579. The number of fused-ring (bicyclic) bond motifs is 1. The van der Waals surface area contributed by atoms with E-state index in [1.807, 2.05) is 6.92 Å². The van der Waals surface area contributed by atoms with Crippen LogP contribution in [0, 0.1) is 6.92 Å². The number of carbonyl (C=O) groups excluding carboxylic acids is 1. The van der Waals surface area contributed by atoms with Crippen molar-refractivity contribution in [2.24, 2.45) is 0 Å². The topological polar surface area (TPSA) is 73.6 Å². The molecule has 2 rings (SSSR count). The van der Waals surface area contributed by atoms with Crippen LogP contribution in [0.3, 0.4) is 0 Å². The van der Waals surface area contributed by atoms with Gasteiger partial charge in [0.15, 0.2) is 0 Å². The molecule has 0 fully saturated rings. The maximum absolute atomic E-state index is 11.4. The van der Waals surface area contributed by atoms with Crippen molar-refractivity contribution >= 4 is 25.0 Å². The minimum atomic E-state index is -0.579. The van der Waals surface area contributed by atoms with Gasteiger partial charge in [0.25, 0.3) is 0 Å². The molecule has 2 aromatic heterocycles. The Morgan fingerprint density at radius 2 is 2.33 bits per heavy atom. The number of carbonyl (C=O) groups is 1. The van der Waals surface area contributed by atoms with Gasteiger partial charge in [-0.3, -0.25) is 0 Å². The van der Waals surface area contributed by atoms with E-state index in [1.165, 1.54) is 11.6 Å². The first-order valence-electron chi connectivity index (χ1n) is 4.07. The first-order valence-corrected chi connectivity index (χ1v) is 5.79. The number of ether oxygens (including phenoxy) is 1. The quantitative estimate of drug-likeness (QED) is 0.504. The zero-order valence-electron chi connectivity index (χ0n) is 8.05. The van der Waals surface area contributed by atoms with Crippen molar-refractivity contribution in [3.63, 3.8) is 0 Å². The van der Waals surface area contributed by atoms with Gasteiger partial charge in [-0.15, -0.1) is 0 Å². The summed E-state index contributed by atoms with van der Waals surface area (Å²) in [7, 11) is 1.26.